The van der Waals surface area contributed by atoms with Crippen LogP contribution in [-0.2, 0) is 18.3 Å². The van der Waals surface area contributed by atoms with E-state index in [1.165, 1.54) is 0 Å². The Morgan fingerprint density at radius 1 is 1.32 bits per heavy atom. The second-order valence-electron chi connectivity index (χ2n) is 4.13. The fraction of sp³-hybridized carbons (Fsp3) is 0.385. The molecule has 0 aliphatic rings. The number of hydrogen-bond acceptors (Lipinski definition) is 5. The number of rotatable bonds is 7. The second-order valence-corrected chi connectivity index (χ2v) is 4.13. The maximum Gasteiger partial charge on any atom is 0.219 e. The molecule has 2 aromatic heterocycles. The normalized spacial score (nSPS) is 10.6. The molecule has 0 atom stereocenters. The first kappa shape index (κ1) is 13.5. The van der Waals surface area contributed by atoms with E-state index in [1.54, 1.807) is 30.4 Å². The molecular weight excluding hydrogens is 244 g/mol. The summed E-state index contributed by atoms with van der Waals surface area (Å²) in [5.74, 6) is 1.25. The first-order valence-corrected chi connectivity index (χ1v) is 6.09. The van der Waals surface area contributed by atoms with Crippen molar-refractivity contribution in [2.45, 2.75) is 6.54 Å². The quantitative estimate of drug-likeness (QED) is 0.763. The van der Waals surface area contributed by atoms with E-state index in [1.807, 2.05) is 19.2 Å². The van der Waals surface area contributed by atoms with Crippen LogP contribution in [0, 0.1) is 0 Å². The zero-order valence-electron chi connectivity index (χ0n) is 11.2. The fourth-order valence-electron chi connectivity index (χ4n) is 1.56. The number of nitrogens with one attached hydrogen (secondary N) is 1. The highest BCUT2D eigenvalue weighted by Crippen LogP contribution is 2.17. The van der Waals surface area contributed by atoms with Crippen LogP contribution in [0.3, 0.4) is 0 Å². The first-order chi connectivity index (χ1) is 9.28. The van der Waals surface area contributed by atoms with Gasteiger partial charge in [0.05, 0.1) is 19.0 Å². The highest BCUT2D eigenvalue weighted by atomic mass is 16.5. The molecule has 19 heavy (non-hydrogen) atoms. The number of aromatic nitrogens is 3. The summed E-state index contributed by atoms with van der Waals surface area (Å²) in [5, 5.41) is 7.29. The topological polar surface area (TPSA) is 61.2 Å². The monoisotopic (exact) mass is 262 g/mol. The summed E-state index contributed by atoms with van der Waals surface area (Å²) in [6.07, 6.45) is 5.25. The summed E-state index contributed by atoms with van der Waals surface area (Å²) >= 11 is 0. The number of ether oxygens (including phenoxy) is 2. The molecule has 2 rings (SSSR count). The summed E-state index contributed by atoms with van der Waals surface area (Å²) < 4.78 is 12.2. The van der Waals surface area contributed by atoms with Gasteiger partial charge >= 0.3 is 0 Å². The smallest absolute Gasteiger partial charge is 0.219 e. The molecule has 2 heterocycles. The summed E-state index contributed by atoms with van der Waals surface area (Å²) in [5.41, 5.74) is 1.11. The highest BCUT2D eigenvalue weighted by molar-refractivity contribution is 5.23. The van der Waals surface area contributed by atoms with Crippen molar-refractivity contribution in [2.75, 3.05) is 20.3 Å². The Labute approximate surface area is 112 Å². The third-order valence-electron chi connectivity index (χ3n) is 2.51. The van der Waals surface area contributed by atoms with Crippen LogP contribution in [0.25, 0.3) is 0 Å². The molecule has 0 saturated heterocycles. The molecule has 0 bridgehead atoms. The van der Waals surface area contributed by atoms with Crippen molar-refractivity contribution in [3.63, 3.8) is 0 Å². The lowest BCUT2D eigenvalue weighted by molar-refractivity contribution is 0.199. The van der Waals surface area contributed by atoms with Crippen LogP contribution < -0.4 is 10.1 Å². The molecule has 0 amide bonds. The molecule has 0 radical (unpaired) electrons. The molecule has 6 nitrogen and oxygen atoms in total. The SMILES string of the molecule is COCCNCc1ccc(Oc2cnn(C)c2)nc1. The average Bonchev–Trinajstić information content (AvgIpc) is 2.82. The van der Waals surface area contributed by atoms with E-state index >= 15 is 0 Å². The lowest BCUT2D eigenvalue weighted by Crippen LogP contribution is -2.18. The van der Waals surface area contributed by atoms with Gasteiger partial charge in [-0.3, -0.25) is 4.68 Å². The molecule has 6 heteroatoms. The molecular formula is C13H18N4O2. The van der Waals surface area contributed by atoms with Gasteiger partial charge in [-0.2, -0.15) is 5.10 Å². The summed E-state index contributed by atoms with van der Waals surface area (Å²) in [4.78, 5) is 4.25. The van der Waals surface area contributed by atoms with Crippen LogP contribution in [0.1, 0.15) is 5.56 Å². The third kappa shape index (κ3) is 4.35. The molecule has 2 aromatic rings. The summed E-state index contributed by atoms with van der Waals surface area (Å²) in [6.45, 7) is 2.30. The lowest BCUT2D eigenvalue weighted by atomic mass is 10.3. The van der Waals surface area contributed by atoms with Gasteiger partial charge in [0, 0.05) is 39.5 Å². The Hall–Kier alpha value is -1.92. The minimum Gasteiger partial charge on any atom is -0.436 e. The van der Waals surface area contributed by atoms with Gasteiger partial charge in [0.25, 0.3) is 0 Å². The van der Waals surface area contributed by atoms with E-state index in [0.717, 1.165) is 18.7 Å². The molecule has 0 fully saturated rings. The van der Waals surface area contributed by atoms with Crippen molar-refractivity contribution in [3.8, 4) is 11.6 Å². The minimum absolute atomic E-state index is 0.564. The molecule has 0 unspecified atom stereocenters. The van der Waals surface area contributed by atoms with Gasteiger partial charge in [0.15, 0.2) is 5.75 Å². The largest absolute Gasteiger partial charge is 0.436 e. The Kier molecular flexibility index (Phi) is 4.88. The van der Waals surface area contributed by atoms with Crippen molar-refractivity contribution in [1.29, 1.82) is 0 Å². The molecule has 0 aromatic carbocycles. The highest BCUT2D eigenvalue weighted by Gasteiger charge is 2.01. The Morgan fingerprint density at radius 2 is 2.21 bits per heavy atom. The summed E-state index contributed by atoms with van der Waals surface area (Å²) in [6, 6.07) is 3.83. The summed E-state index contributed by atoms with van der Waals surface area (Å²) in [7, 11) is 3.53. The Morgan fingerprint density at radius 3 is 2.84 bits per heavy atom. The van der Waals surface area contributed by atoms with E-state index in [-0.39, 0.29) is 0 Å². The zero-order chi connectivity index (χ0) is 13.5. The van der Waals surface area contributed by atoms with Gasteiger partial charge in [0.2, 0.25) is 5.88 Å². The van der Waals surface area contributed by atoms with E-state index in [0.29, 0.717) is 18.2 Å². The van der Waals surface area contributed by atoms with Crippen LogP contribution in [0.2, 0.25) is 0 Å². The van der Waals surface area contributed by atoms with Crippen molar-refractivity contribution in [1.82, 2.24) is 20.1 Å². The third-order valence-corrected chi connectivity index (χ3v) is 2.51. The van der Waals surface area contributed by atoms with Gasteiger partial charge in [-0.1, -0.05) is 6.07 Å². The van der Waals surface area contributed by atoms with E-state index < -0.39 is 0 Å². The van der Waals surface area contributed by atoms with Crippen molar-refractivity contribution in [3.05, 3.63) is 36.3 Å². The number of nitrogens with zero attached hydrogens (tertiary/aromatic N) is 3. The van der Waals surface area contributed by atoms with Gasteiger partial charge in [0.1, 0.15) is 0 Å². The number of aryl methyl sites for hydroxylation is 1. The molecule has 0 spiro atoms. The molecule has 0 saturated carbocycles. The predicted octanol–water partition coefficient (Wildman–Crippen LogP) is 1.34. The van der Waals surface area contributed by atoms with Crippen molar-refractivity contribution in [2.24, 2.45) is 7.05 Å². The fourth-order valence-corrected chi connectivity index (χ4v) is 1.56. The molecule has 102 valence electrons. The van der Waals surface area contributed by atoms with Crippen LogP contribution in [0.4, 0.5) is 0 Å². The predicted molar refractivity (Wildman–Crippen MR) is 71.1 cm³/mol. The van der Waals surface area contributed by atoms with Crippen LogP contribution >= 0.6 is 0 Å². The van der Waals surface area contributed by atoms with Gasteiger partial charge in [-0.25, -0.2) is 4.98 Å². The van der Waals surface area contributed by atoms with Crippen LogP contribution in [0.15, 0.2) is 30.7 Å². The van der Waals surface area contributed by atoms with Crippen molar-refractivity contribution < 1.29 is 9.47 Å². The van der Waals surface area contributed by atoms with E-state index in [2.05, 4.69) is 15.4 Å². The van der Waals surface area contributed by atoms with E-state index in [9.17, 15) is 0 Å². The average molecular weight is 262 g/mol. The van der Waals surface area contributed by atoms with Gasteiger partial charge < -0.3 is 14.8 Å². The van der Waals surface area contributed by atoms with Crippen LogP contribution in [-0.4, -0.2) is 35.0 Å². The van der Waals surface area contributed by atoms with Crippen molar-refractivity contribution >= 4 is 0 Å². The molecule has 0 aliphatic carbocycles. The van der Waals surface area contributed by atoms with Gasteiger partial charge in [-0.05, 0) is 5.56 Å². The standard InChI is InChI=1S/C13H18N4O2/c1-17-10-12(9-16-17)19-13-4-3-11(8-15-13)7-14-5-6-18-2/h3-4,8-10,14H,5-7H2,1-2H3. The first-order valence-electron chi connectivity index (χ1n) is 6.09. The Balaban J connectivity index is 1.84. The lowest BCUT2D eigenvalue weighted by Gasteiger charge is -2.05. The Bertz CT molecular complexity index is 496. The van der Waals surface area contributed by atoms with Gasteiger partial charge in [-0.15, -0.1) is 0 Å². The maximum absolute atomic E-state index is 5.56. The maximum atomic E-state index is 5.56. The number of methoxy groups -OCH3 is 1. The zero-order valence-corrected chi connectivity index (χ0v) is 11.2. The second kappa shape index (κ2) is 6.86. The molecule has 0 aliphatic heterocycles. The minimum atomic E-state index is 0.564. The number of pyridine rings is 1. The van der Waals surface area contributed by atoms with Crippen LogP contribution in [0.5, 0.6) is 11.6 Å². The number of hydrogen-bond donors (Lipinski definition) is 1. The van der Waals surface area contributed by atoms with E-state index in [4.69, 9.17) is 9.47 Å². The molecule has 1 N–H and O–H groups in total.